The molecule has 0 aliphatic carbocycles. The van der Waals surface area contributed by atoms with E-state index in [-0.39, 0.29) is 6.79 Å². The maximum Gasteiger partial charge on any atom is 0.231 e. The van der Waals surface area contributed by atoms with Gasteiger partial charge in [0.25, 0.3) is 0 Å². The van der Waals surface area contributed by atoms with Crippen molar-refractivity contribution in [3.05, 3.63) is 57.9 Å². The number of hydrogen-bond acceptors (Lipinski definition) is 6. The molecule has 1 N–H and O–H groups in total. The van der Waals surface area contributed by atoms with Gasteiger partial charge in [0.2, 0.25) is 11.9 Å². The maximum absolute atomic E-state index is 5.35. The molecular formula is C17H12BrN3O2S. The minimum atomic E-state index is 0.270. The van der Waals surface area contributed by atoms with E-state index in [1.807, 2.05) is 47.8 Å². The molecule has 0 amide bonds. The Labute approximate surface area is 151 Å². The lowest BCUT2D eigenvalue weighted by Crippen LogP contribution is -1.93. The lowest BCUT2D eigenvalue weighted by molar-refractivity contribution is 0.174. The molecule has 24 heavy (non-hydrogen) atoms. The number of fused-ring (bicyclic) bond motifs is 1. The molecule has 2 heterocycles. The summed E-state index contributed by atoms with van der Waals surface area (Å²) >= 11 is 4.94. The second-order valence-corrected chi connectivity index (χ2v) is 6.80. The van der Waals surface area contributed by atoms with Gasteiger partial charge in [-0.05, 0) is 35.9 Å². The molecule has 4 rings (SSSR count). The Morgan fingerprint density at radius 1 is 1.12 bits per heavy atom. The van der Waals surface area contributed by atoms with E-state index in [0.717, 1.165) is 37.9 Å². The van der Waals surface area contributed by atoms with Crippen molar-refractivity contribution in [1.82, 2.24) is 4.98 Å². The molecule has 0 bridgehead atoms. The number of hydrogen-bond donors (Lipinski definition) is 1. The Balaban J connectivity index is 1.43. The van der Waals surface area contributed by atoms with E-state index in [2.05, 4.69) is 31.4 Å². The third-order valence-electron chi connectivity index (χ3n) is 3.41. The second kappa shape index (κ2) is 6.62. The fourth-order valence-corrected chi connectivity index (χ4v) is 3.17. The molecule has 120 valence electrons. The Kier molecular flexibility index (Phi) is 4.18. The SMILES string of the molecule is Brc1ccc(-c2csc(NN=Cc3ccc4c(c3)OCO4)n2)cc1. The van der Waals surface area contributed by atoms with Crippen molar-refractivity contribution < 1.29 is 9.47 Å². The van der Waals surface area contributed by atoms with Crippen LogP contribution < -0.4 is 14.9 Å². The lowest BCUT2D eigenvalue weighted by Gasteiger charge is -1.98. The number of thiazole rings is 1. The molecule has 0 fully saturated rings. The zero-order valence-electron chi connectivity index (χ0n) is 12.4. The van der Waals surface area contributed by atoms with Crippen LogP contribution in [-0.2, 0) is 0 Å². The Morgan fingerprint density at radius 2 is 1.96 bits per heavy atom. The van der Waals surface area contributed by atoms with E-state index in [1.54, 1.807) is 6.21 Å². The van der Waals surface area contributed by atoms with Gasteiger partial charge in [0.15, 0.2) is 11.5 Å². The smallest absolute Gasteiger partial charge is 0.231 e. The van der Waals surface area contributed by atoms with Crippen molar-refractivity contribution in [2.75, 3.05) is 12.2 Å². The van der Waals surface area contributed by atoms with Gasteiger partial charge in [0, 0.05) is 15.4 Å². The van der Waals surface area contributed by atoms with E-state index < -0.39 is 0 Å². The van der Waals surface area contributed by atoms with Gasteiger partial charge in [-0.25, -0.2) is 4.98 Å². The van der Waals surface area contributed by atoms with Crippen molar-refractivity contribution in [1.29, 1.82) is 0 Å². The first kappa shape index (κ1) is 15.2. The fraction of sp³-hybridized carbons (Fsp3) is 0.0588. The third kappa shape index (κ3) is 3.27. The topological polar surface area (TPSA) is 55.7 Å². The molecule has 0 saturated heterocycles. The molecule has 0 atom stereocenters. The number of rotatable bonds is 4. The molecule has 1 aliphatic rings. The largest absolute Gasteiger partial charge is 0.454 e. The van der Waals surface area contributed by atoms with Gasteiger partial charge in [0.05, 0.1) is 11.9 Å². The quantitative estimate of drug-likeness (QED) is 0.506. The number of halogens is 1. The number of benzene rings is 2. The molecule has 0 unspecified atom stereocenters. The minimum absolute atomic E-state index is 0.270. The van der Waals surface area contributed by atoms with Crippen molar-refractivity contribution in [2.45, 2.75) is 0 Å². The molecule has 0 saturated carbocycles. The summed E-state index contributed by atoms with van der Waals surface area (Å²) < 4.78 is 11.7. The summed E-state index contributed by atoms with van der Waals surface area (Å²) in [6, 6.07) is 13.7. The van der Waals surface area contributed by atoms with Gasteiger partial charge in [-0.1, -0.05) is 28.1 Å². The van der Waals surface area contributed by atoms with Crippen molar-refractivity contribution >= 4 is 38.6 Å². The molecule has 5 nitrogen and oxygen atoms in total. The van der Waals surface area contributed by atoms with Crippen LogP contribution in [0, 0.1) is 0 Å². The van der Waals surface area contributed by atoms with Crippen molar-refractivity contribution in [2.24, 2.45) is 5.10 Å². The van der Waals surface area contributed by atoms with E-state index >= 15 is 0 Å². The van der Waals surface area contributed by atoms with Gasteiger partial charge in [0.1, 0.15) is 0 Å². The third-order valence-corrected chi connectivity index (χ3v) is 4.69. The summed E-state index contributed by atoms with van der Waals surface area (Å²) in [5, 5.41) is 6.97. The summed E-state index contributed by atoms with van der Waals surface area (Å²) in [6.07, 6.45) is 1.72. The van der Waals surface area contributed by atoms with Crippen LogP contribution >= 0.6 is 27.3 Å². The first-order valence-corrected chi connectivity index (χ1v) is 8.85. The number of nitrogens with zero attached hydrogens (tertiary/aromatic N) is 2. The molecule has 1 aliphatic heterocycles. The molecule has 3 aromatic rings. The Bertz CT molecular complexity index is 893. The number of aromatic nitrogens is 1. The summed E-state index contributed by atoms with van der Waals surface area (Å²) in [5.74, 6) is 1.50. The number of hydrazone groups is 1. The predicted octanol–water partition coefficient (Wildman–Crippen LogP) is 4.75. The first-order valence-electron chi connectivity index (χ1n) is 7.18. The maximum atomic E-state index is 5.35. The molecule has 0 spiro atoms. The van der Waals surface area contributed by atoms with Crippen molar-refractivity contribution in [3.63, 3.8) is 0 Å². The van der Waals surface area contributed by atoms with Gasteiger partial charge in [-0.3, -0.25) is 5.43 Å². The Hall–Kier alpha value is -2.38. The summed E-state index contributed by atoms with van der Waals surface area (Å²) in [4.78, 5) is 4.53. The fourth-order valence-electron chi connectivity index (χ4n) is 2.23. The van der Waals surface area contributed by atoms with Crippen LogP contribution in [0.4, 0.5) is 5.13 Å². The number of anilines is 1. The van der Waals surface area contributed by atoms with E-state index in [4.69, 9.17) is 9.47 Å². The first-order chi connectivity index (χ1) is 11.8. The second-order valence-electron chi connectivity index (χ2n) is 5.03. The zero-order chi connectivity index (χ0) is 16.4. The van der Waals surface area contributed by atoms with Gasteiger partial charge >= 0.3 is 0 Å². The van der Waals surface area contributed by atoms with Crippen LogP contribution in [0.15, 0.2) is 57.4 Å². The van der Waals surface area contributed by atoms with Gasteiger partial charge < -0.3 is 9.47 Å². The Morgan fingerprint density at radius 3 is 2.83 bits per heavy atom. The minimum Gasteiger partial charge on any atom is -0.454 e. The lowest BCUT2D eigenvalue weighted by atomic mass is 10.2. The highest BCUT2D eigenvalue weighted by Crippen LogP contribution is 2.32. The number of ether oxygens (including phenoxy) is 2. The van der Waals surface area contributed by atoms with Gasteiger partial charge in [-0.15, -0.1) is 11.3 Å². The molecule has 0 radical (unpaired) electrons. The van der Waals surface area contributed by atoms with Gasteiger partial charge in [-0.2, -0.15) is 5.10 Å². The summed E-state index contributed by atoms with van der Waals surface area (Å²) in [6.45, 7) is 0.270. The summed E-state index contributed by atoms with van der Waals surface area (Å²) in [5.41, 5.74) is 5.88. The predicted molar refractivity (Wildman–Crippen MR) is 99.0 cm³/mol. The highest BCUT2D eigenvalue weighted by Gasteiger charge is 2.12. The van der Waals surface area contributed by atoms with E-state index in [1.165, 1.54) is 11.3 Å². The van der Waals surface area contributed by atoms with Crippen LogP contribution in [0.5, 0.6) is 11.5 Å². The molecular weight excluding hydrogens is 390 g/mol. The van der Waals surface area contributed by atoms with Crippen molar-refractivity contribution in [3.8, 4) is 22.8 Å². The van der Waals surface area contributed by atoms with Crippen LogP contribution in [0.25, 0.3) is 11.3 Å². The highest BCUT2D eigenvalue weighted by molar-refractivity contribution is 9.10. The molecule has 1 aromatic heterocycles. The summed E-state index contributed by atoms with van der Waals surface area (Å²) in [7, 11) is 0. The van der Waals surface area contributed by atoms with Crippen LogP contribution in [0.2, 0.25) is 0 Å². The van der Waals surface area contributed by atoms with Crippen LogP contribution in [0.1, 0.15) is 5.56 Å². The zero-order valence-corrected chi connectivity index (χ0v) is 14.8. The average molecular weight is 402 g/mol. The van der Waals surface area contributed by atoms with Crippen LogP contribution in [0.3, 0.4) is 0 Å². The normalized spacial score (nSPS) is 12.7. The van der Waals surface area contributed by atoms with E-state index in [9.17, 15) is 0 Å². The number of nitrogens with one attached hydrogen (secondary N) is 1. The average Bonchev–Trinajstić information content (AvgIpc) is 3.24. The van der Waals surface area contributed by atoms with Crippen LogP contribution in [-0.4, -0.2) is 18.0 Å². The standard InChI is InChI=1S/C17H12BrN3O2S/c18-13-4-2-12(3-5-13)14-9-24-17(20-14)21-19-8-11-1-6-15-16(7-11)23-10-22-15/h1-9H,10H2,(H,20,21). The highest BCUT2D eigenvalue weighted by atomic mass is 79.9. The molecule has 7 heteroatoms. The monoisotopic (exact) mass is 401 g/mol. The van der Waals surface area contributed by atoms with E-state index in [0.29, 0.717) is 0 Å². The molecule has 2 aromatic carbocycles.